The highest BCUT2D eigenvalue weighted by molar-refractivity contribution is 9.10. The molecule has 0 saturated heterocycles. The van der Waals surface area contributed by atoms with E-state index in [0.717, 1.165) is 27.7 Å². The van der Waals surface area contributed by atoms with Gasteiger partial charge in [-0.15, -0.1) is 23.1 Å². The third-order valence-electron chi connectivity index (χ3n) is 2.29. The molecule has 2 aromatic rings. The highest BCUT2D eigenvalue weighted by atomic mass is 79.9. The van der Waals surface area contributed by atoms with Gasteiger partial charge in [0, 0.05) is 33.1 Å². The minimum absolute atomic E-state index is 0.857. The van der Waals surface area contributed by atoms with Gasteiger partial charge in [0.15, 0.2) is 0 Å². The summed E-state index contributed by atoms with van der Waals surface area (Å²) in [4.78, 5) is 2.59. The Morgan fingerprint density at radius 1 is 1.17 bits per heavy atom. The fourth-order valence-corrected chi connectivity index (χ4v) is 3.56. The summed E-state index contributed by atoms with van der Waals surface area (Å²) < 4.78 is 1.98. The van der Waals surface area contributed by atoms with E-state index in [1.165, 1.54) is 9.77 Å². The second-order valence-electron chi connectivity index (χ2n) is 3.68. The number of thiophene rings is 1. The Balaban J connectivity index is 1.63. The van der Waals surface area contributed by atoms with Gasteiger partial charge < -0.3 is 5.32 Å². The second kappa shape index (κ2) is 7.56. The summed E-state index contributed by atoms with van der Waals surface area (Å²) in [7, 11) is 0. The van der Waals surface area contributed by atoms with Crippen molar-refractivity contribution in [2.75, 3.05) is 12.3 Å². The van der Waals surface area contributed by atoms with Gasteiger partial charge in [0.1, 0.15) is 0 Å². The van der Waals surface area contributed by atoms with Crippen LogP contribution in [0.3, 0.4) is 0 Å². The van der Waals surface area contributed by atoms with Gasteiger partial charge in [0.2, 0.25) is 0 Å². The average Bonchev–Trinajstić information content (AvgIpc) is 2.77. The van der Waals surface area contributed by atoms with Gasteiger partial charge in [-0.25, -0.2) is 0 Å². The number of rotatable bonds is 6. The summed E-state index contributed by atoms with van der Waals surface area (Å²) in [6, 6.07) is 12.4. The summed E-state index contributed by atoms with van der Waals surface area (Å²) in [6.45, 7) is 1.90. The molecule has 0 fully saturated rings. The summed E-state index contributed by atoms with van der Waals surface area (Å²) in [6.07, 6.45) is 0. The smallest absolute Gasteiger partial charge is 0.0931 e. The first-order valence-electron chi connectivity index (χ1n) is 5.57. The van der Waals surface area contributed by atoms with Crippen LogP contribution in [0.4, 0.5) is 0 Å². The molecule has 1 aromatic heterocycles. The van der Waals surface area contributed by atoms with E-state index in [4.69, 9.17) is 11.6 Å². The van der Waals surface area contributed by atoms with Crippen LogP contribution < -0.4 is 5.32 Å². The molecule has 2 rings (SSSR count). The van der Waals surface area contributed by atoms with Crippen molar-refractivity contribution in [3.63, 3.8) is 0 Å². The minimum Gasteiger partial charge on any atom is -0.311 e. The zero-order valence-corrected chi connectivity index (χ0v) is 13.6. The van der Waals surface area contributed by atoms with Gasteiger partial charge in [0.05, 0.1) is 4.34 Å². The van der Waals surface area contributed by atoms with Crippen LogP contribution in [0.2, 0.25) is 4.34 Å². The number of thioether (sulfide) groups is 1. The van der Waals surface area contributed by atoms with Crippen LogP contribution in [-0.2, 0) is 6.54 Å². The molecule has 0 spiro atoms. The van der Waals surface area contributed by atoms with E-state index in [0.29, 0.717) is 0 Å². The van der Waals surface area contributed by atoms with Crippen LogP contribution in [-0.4, -0.2) is 12.3 Å². The Morgan fingerprint density at radius 2 is 1.94 bits per heavy atom. The Morgan fingerprint density at radius 3 is 2.61 bits per heavy atom. The highest BCUT2D eigenvalue weighted by Gasteiger charge is 1.98. The van der Waals surface area contributed by atoms with Gasteiger partial charge in [-0.3, -0.25) is 0 Å². The third kappa shape index (κ3) is 4.94. The van der Waals surface area contributed by atoms with Crippen LogP contribution in [0.1, 0.15) is 4.88 Å². The Labute approximate surface area is 129 Å². The molecule has 96 valence electrons. The summed E-state index contributed by atoms with van der Waals surface area (Å²) >= 11 is 12.8. The number of hydrogen-bond acceptors (Lipinski definition) is 3. The molecule has 1 nitrogen and oxygen atoms in total. The topological polar surface area (TPSA) is 12.0 Å². The first-order valence-corrected chi connectivity index (χ1v) is 8.54. The van der Waals surface area contributed by atoms with Crippen molar-refractivity contribution in [2.45, 2.75) is 11.4 Å². The zero-order chi connectivity index (χ0) is 12.8. The quantitative estimate of drug-likeness (QED) is 0.570. The number of halogens is 2. The lowest BCUT2D eigenvalue weighted by Gasteiger charge is -2.03. The summed E-state index contributed by atoms with van der Waals surface area (Å²) in [5, 5.41) is 3.42. The number of hydrogen-bond donors (Lipinski definition) is 1. The van der Waals surface area contributed by atoms with Crippen molar-refractivity contribution in [3.05, 3.63) is 50.1 Å². The molecule has 0 bridgehead atoms. The van der Waals surface area contributed by atoms with Gasteiger partial charge in [-0.05, 0) is 36.4 Å². The minimum atomic E-state index is 0.857. The van der Waals surface area contributed by atoms with E-state index >= 15 is 0 Å². The fraction of sp³-hybridized carbons (Fsp3) is 0.231. The molecule has 0 radical (unpaired) electrons. The van der Waals surface area contributed by atoms with E-state index < -0.39 is 0 Å². The second-order valence-corrected chi connectivity index (χ2v) is 7.57. The van der Waals surface area contributed by atoms with E-state index in [-0.39, 0.29) is 0 Å². The summed E-state index contributed by atoms with van der Waals surface area (Å²) in [5.74, 6) is 1.07. The molecule has 0 aliphatic rings. The molecule has 0 aliphatic heterocycles. The SMILES string of the molecule is Clc1ccc(CNCCSc2ccc(Br)cc2)s1. The maximum atomic E-state index is 5.88. The molecule has 1 heterocycles. The maximum absolute atomic E-state index is 5.88. The van der Waals surface area contributed by atoms with Gasteiger partial charge >= 0.3 is 0 Å². The summed E-state index contributed by atoms with van der Waals surface area (Å²) in [5.41, 5.74) is 0. The van der Waals surface area contributed by atoms with Gasteiger partial charge in [-0.2, -0.15) is 0 Å². The lowest BCUT2D eigenvalue weighted by molar-refractivity contribution is 0.741. The molecule has 18 heavy (non-hydrogen) atoms. The predicted molar refractivity (Wildman–Crippen MR) is 85.9 cm³/mol. The van der Waals surface area contributed by atoms with Crippen LogP contribution in [0, 0.1) is 0 Å². The molecule has 0 atom stereocenters. The normalized spacial score (nSPS) is 10.8. The highest BCUT2D eigenvalue weighted by Crippen LogP contribution is 2.22. The number of benzene rings is 1. The fourth-order valence-electron chi connectivity index (χ4n) is 1.43. The lowest BCUT2D eigenvalue weighted by atomic mass is 10.4. The molecule has 5 heteroatoms. The molecule has 0 unspecified atom stereocenters. The molecule has 0 aliphatic carbocycles. The van der Waals surface area contributed by atoms with Crippen LogP contribution in [0.15, 0.2) is 45.8 Å². The van der Waals surface area contributed by atoms with E-state index in [1.54, 1.807) is 11.3 Å². The van der Waals surface area contributed by atoms with Crippen LogP contribution in [0.25, 0.3) is 0 Å². The van der Waals surface area contributed by atoms with Gasteiger partial charge in [-0.1, -0.05) is 27.5 Å². The Kier molecular flexibility index (Phi) is 6.05. The molecule has 0 saturated carbocycles. The van der Waals surface area contributed by atoms with E-state index in [9.17, 15) is 0 Å². The van der Waals surface area contributed by atoms with Crippen molar-refractivity contribution >= 4 is 50.6 Å². The maximum Gasteiger partial charge on any atom is 0.0931 e. The van der Waals surface area contributed by atoms with E-state index in [1.807, 2.05) is 17.8 Å². The lowest BCUT2D eigenvalue weighted by Crippen LogP contribution is -2.15. The largest absolute Gasteiger partial charge is 0.311 e. The molecule has 1 N–H and O–H groups in total. The van der Waals surface area contributed by atoms with Crippen molar-refractivity contribution in [3.8, 4) is 0 Å². The van der Waals surface area contributed by atoms with Crippen LogP contribution >= 0.6 is 50.6 Å². The van der Waals surface area contributed by atoms with Crippen molar-refractivity contribution in [2.24, 2.45) is 0 Å². The average molecular weight is 363 g/mol. The monoisotopic (exact) mass is 361 g/mol. The predicted octanol–water partition coefficient (Wildman–Crippen LogP) is 5.05. The zero-order valence-electron chi connectivity index (χ0n) is 9.66. The van der Waals surface area contributed by atoms with Crippen molar-refractivity contribution in [1.29, 1.82) is 0 Å². The first kappa shape index (κ1) is 14.4. The molecule has 1 aromatic carbocycles. The first-order chi connectivity index (χ1) is 8.74. The van der Waals surface area contributed by atoms with E-state index in [2.05, 4.69) is 51.6 Å². The van der Waals surface area contributed by atoms with Crippen molar-refractivity contribution in [1.82, 2.24) is 5.32 Å². The standard InChI is InChI=1S/C13H13BrClNS2/c14-10-1-3-11(4-2-10)17-8-7-16-9-12-5-6-13(15)18-12/h1-6,16H,7-9H2. The number of nitrogens with one attached hydrogen (secondary N) is 1. The molecular weight excluding hydrogens is 350 g/mol. The Bertz CT molecular complexity index is 484. The molecular formula is C13H13BrClNS2. The van der Waals surface area contributed by atoms with Gasteiger partial charge in [0.25, 0.3) is 0 Å². The third-order valence-corrected chi connectivity index (χ3v) is 5.06. The van der Waals surface area contributed by atoms with Crippen molar-refractivity contribution < 1.29 is 0 Å². The molecule has 0 amide bonds. The Hall–Kier alpha value is -0.0000000000000000833. The van der Waals surface area contributed by atoms with Crippen LogP contribution in [0.5, 0.6) is 0 Å².